The van der Waals surface area contributed by atoms with Crippen molar-refractivity contribution in [1.82, 2.24) is 4.98 Å². The standard InChI is InChI=1S/C15H23BrN2O/c1-14(2)4-3-5-15(10-17,13(14)19)7-11-6-12(16)9-18-8-11/h6,8-9,13,19H,3-5,7,10,17H2,1-2H3. The molecular formula is C15H23BrN2O. The topological polar surface area (TPSA) is 59.1 Å². The molecule has 0 radical (unpaired) electrons. The van der Waals surface area contributed by atoms with E-state index in [9.17, 15) is 5.11 Å². The van der Waals surface area contributed by atoms with Crippen LogP contribution in [0.5, 0.6) is 0 Å². The van der Waals surface area contributed by atoms with Gasteiger partial charge in [-0.2, -0.15) is 0 Å². The van der Waals surface area contributed by atoms with E-state index >= 15 is 0 Å². The van der Waals surface area contributed by atoms with Gasteiger partial charge in [0.25, 0.3) is 0 Å². The van der Waals surface area contributed by atoms with Crippen LogP contribution in [0, 0.1) is 10.8 Å². The van der Waals surface area contributed by atoms with Crippen LogP contribution in [0.25, 0.3) is 0 Å². The van der Waals surface area contributed by atoms with Crippen LogP contribution in [0.2, 0.25) is 0 Å². The first-order valence-electron chi connectivity index (χ1n) is 6.87. The summed E-state index contributed by atoms with van der Waals surface area (Å²) in [7, 11) is 0. The van der Waals surface area contributed by atoms with Crippen LogP contribution >= 0.6 is 15.9 Å². The van der Waals surface area contributed by atoms with Crippen LogP contribution in [0.15, 0.2) is 22.9 Å². The number of nitrogens with zero attached hydrogens (tertiary/aromatic N) is 1. The highest BCUT2D eigenvalue weighted by Crippen LogP contribution is 2.47. The summed E-state index contributed by atoms with van der Waals surface area (Å²) in [5, 5.41) is 10.8. The quantitative estimate of drug-likeness (QED) is 0.897. The minimum Gasteiger partial charge on any atom is -0.392 e. The summed E-state index contributed by atoms with van der Waals surface area (Å²) in [6, 6.07) is 2.07. The summed E-state index contributed by atoms with van der Waals surface area (Å²) in [6.07, 6.45) is 7.25. The van der Waals surface area contributed by atoms with E-state index in [4.69, 9.17) is 5.73 Å². The van der Waals surface area contributed by atoms with Gasteiger partial charge in [-0.3, -0.25) is 4.98 Å². The number of hydrogen-bond donors (Lipinski definition) is 2. The summed E-state index contributed by atoms with van der Waals surface area (Å²) in [5.74, 6) is 0. The number of aromatic nitrogens is 1. The molecule has 1 aromatic rings. The summed E-state index contributed by atoms with van der Waals surface area (Å²) in [5.41, 5.74) is 6.90. The predicted octanol–water partition coefficient (Wildman–Crippen LogP) is 2.90. The normalized spacial score (nSPS) is 30.3. The number of halogens is 1. The molecular weight excluding hydrogens is 304 g/mol. The number of pyridine rings is 1. The molecule has 0 bridgehead atoms. The van der Waals surface area contributed by atoms with Crippen molar-refractivity contribution in [2.75, 3.05) is 6.54 Å². The number of rotatable bonds is 3. The van der Waals surface area contributed by atoms with Crippen LogP contribution in [-0.2, 0) is 6.42 Å². The summed E-state index contributed by atoms with van der Waals surface area (Å²) >= 11 is 3.45. The van der Waals surface area contributed by atoms with Crippen LogP contribution in [0.3, 0.4) is 0 Å². The molecule has 2 atom stereocenters. The number of hydrogen-bond acceptors (Lipinski definition) is 3. The summed E-state index contributed by atoms with van der Waals surface area (Å²) < 4.78 is 0.974. The van der Waals surface area contributed by atoms with E-state index in [2.05, 4.69) is 40.8 Å². The van der Waals surface area contributed by atoms with Gasteiger partial charge in [0.15, 0.2) is 0 Å². The molecule has 1 fully saturated rings. The van der Waals surface area contributed by atoms with Crippen molar-refractivity contribution in [3.05, 3.63) is 28.5 Å². The lowest BCUT2D eigenvalue weighted by Gasteiger charge is -2.49. The fraction of sp³-hybridized carbons (Fsp3) is 0.667. The lowest BCUT2D eigenvalue weighted by atomic mass is 9.59. The zero-order valence-corrected chi connectivity index (χ0v) is 13.3. The minimum atomic E-state index is -0.363. The van der Waals surface area contributed by atoms with Crippen LogP contribution < -0.4 is 5.73 Å². The molecule has 2 unspecified atom stereocenters. The van der Waals surface area contributed by atoms with Gasteiger partial charge in [-0.05, 0) is 52.2 Å². The van der Waals surface area contributed by atoms with Gasteiger partial charge in [-0.25, -0.2) is 0 Å². The second-order valence-corrected chi connectivity index (χ2v) is 7.42. The van der Waals surface area contributed by atoms with Crippen molar-refractivity contribution in [1.29, 1.82) is 0 Å². The van der Waals surface area contributed by atoms with E-state index in [1.165, 1.54) is 0 Å². The molecule has 106 valence electrons. The van der Waals surface area contributed by atoms with Crippen molar-refractivity contribution >= 4 is 15.9 Å². The van der Waals surface area contributed by atoms with E-state index in [0.29, 0.717) is 6.54 Å². The molecule has 0 aromatic carbocycles. The first kappa shape index (κ1) is 14.9. The molecule has 0 saturated heterocycles. The van der Waals surface area contributed by atoms with Crippen molar-refractivity contribution in [2.45, 2.75) is 45.6 Å². The van der Waals surface area contributed by atoms with E-state index in [1.54, 1.807) is 6.20 Å². The van der Waals surface area contributed by atoms with E-state index in [1.807, 2.05) is 6.20 Å². The third-order valence-electron chi connectivity index (χ3n) is 4.54. The highest BCUT2D eigenvalue weighted by molar-refractivity contribution is 9.10. The Bertz CT molecular complexity index is 450. The van der Waals surface area contributed by atoms with Crippen LogP contribution in [-0.4, -0.2) is 22.7 Å². The van der Waals surface area contributed by atoms with Crippen LogP contribution in [0.4, 0.5) is 0 Å². The fourth-order valence-electron chi connectivity index (χ4n) is 3.43. The monoisotopic (exact) mass is 326 g/mol. The lowest BCUT2D eigenvalue weighted by Crippen LogP contribution is -2.53. The smallest absolute Gasteiger partial charge is 0.0662 e. The Morgan fingerprint density at radius 2 is 2.16 bits per heavy atom. The van der Waals surface area contributed by atoms with E-state index in [-0.39, 0.29) is 16.9 Å². The van der Waals surface area contributed by atoms with Gasteiger partial charge < -0.3 is 10.8 Å². The molecule has 1 aliphatic rings. The summed E-state index contributed by atoms with van der Waals surface area (Å²) in [4.78, 5) is 4.21. The van der Waals surface area contributed by atoms with Gasteiger partial charge in [-0.15, -0.1) is 0 Å². The highest BCUT2D eigenvalue weighted by atomic mass is 79.9. The highest BCUT2D eigenvalue weighted by Gasteiger charge is 2.47. The Hall–Kier alpha value is -0.450. The molecule has 19 heavy (non-hydrogen) atoms. The van der Waals surface area contributed by atoms with Gasteiger partial charge in [0.1, 0.15) is 0 Å². The van der Waals surface area contributed by atoms with E-state index in [0.717, 1.165) is 35.7 Å². The molecule has 0 aliphatic heterocycles. The lowest BCUT2D eigenvalue weighted by molar-refractivity contribution is -0.0885. The summed E-state index contributed by atoms with van der Waals surface area (Å²) in [6.45, 7) is 4.80. The van der Waals surface area contributed by atoms with Crippen molar-refractivity contribution in [2.24, 2.45) is 16.6 Å². The Morgan fingerprint density at radius 1 is 1.42 bits per heavy atom. The molecule has 4 heteroatoms. The fourth-order valence-corrected chi connectivity index (χ4v) is 3.84. The Kier molecular flexibility index (Phi) is 4.33. The zero-order chi connectivity index (χ0) is 14.1. The average molecular weight is 327 g/mol. The number of nitrogens with two attached hydrogens (primary N) is 1. The van der Waals surface area contributed by atoms with Gasteiger partial charge in [0, 0.05) is 28.8 Å². The SMILES string of the molecule is CC1(C)CCCC(CN)(Cc2cncc(Br)c2)C1O. The second-order valence-electron chi connectivity index (χ2n) is 6.50. The zero-order valence-electron chi connectivity index (χ0n) is 11.7. The molecule has 0 spiro atoms. The molecule has 2 rings (SSSR count). The van der Waals surface area contributed by atoms with Crippen molar-refractivity contribution < 1.29 is 5.11 Å². The minimum absolute atomic E-state index is 0.0585. The maximum Gasteiger partial charge on any atom is 0.0662 e. The predicted molar refractivity (Wildman–Crippen MR) is 80.8 cm³/mol. The van der Waals surface area contributed by atoms with Gasteiger partial charge in [0.05, 0.1) is 6.10 Å². The number of aliphatic hydroxyl groups is 1. The largest absolute Gasteiger partial charge is 0.392 e. The molecule has 1 aromatic heterocycles. The molecule has 1 saturated carbocycles. The maximum absolute atomic E-state index is 10.8. The molecule has 3 nitrogen and oxygen atoms in total. The van der Waals surface area contributed by atoms with Gasteiger partial charge in [0.2, 0.25) is 0 Å². The molecule has 1 aliphatic carbocycles. The molecule has 0 amide bonds. The Labute approximate surface area is 123 Å². The average Bonchev–Trinajstić information content (AvgIpc) is 2.35. The van der Waals surface area contributed by atoms with Crippen LogP contribution in [0.1, 0.15) is 38.7 Å². The molecule has 3 N–H and O–H groups in total. The Morgan fingerprint density at radius 3 is 2.79 bits per heavy atom. The third kappa shape index (κ3) is 3.01. The second kappa shape index (κ2) is 5.51. The Balaban J connectivity index is 2.27. The molecule has 1 heterocycles. The van der Waals surface area contributed by atoms with E-state index < -0.39 is 0 Å². The van der Waals surface area contributed by atoms with Gasteiger partial charge >= 0.3 is 0 Å². The van der Waals surface area contributed by atoms with Crippen molar-refractivity contribution in [3.63, 3.8) is 0 Å². The number of aliphatic hydroxyl groups excluding tert-OH is 1. The van der Waals surface area contributed by atoms with Gasteiger partial charge in [-0.1, -0.05) is 20.3 Å². The first-order chi connectivity index (χ1) is 8.89. The maximum atomic E-state index is 10.8. The van der Waals surface area contributed by atoms with Crippen molar-refractivity contribution in [3.8, 4) is 0 Å². The third-order valence-corrected chi connectivity index (χ3v) is 4.97. The first-order valence-corrected chi connectivity index (χ1v) is 7.66.